The Bertz CT molecular complexity index is 611. The fourth-order valence-corrected chi connectivity index (χ4v) is 2.39. The Labute approximate surface area is 168 Å². The van der Waals surface area contributed by atoms with Gasteiger partial charge in [0.1, 0.15) is 18.1 Å². The van der Waals surface area contributed by atoms with Crippen molar-refractivity contribution >= 4 is 29.6 Å². The van der Waals surface area contributed by atoms with Crippen LogP contribution in [0.3, 0.4) is 0 Å². The van der Waals surface area contributed by atoms with Gasteiger partial charge < -0.3 is 37.6 Å². The van der Waals surface area contributed by atoms with Crippen LogP contribution in [0, 0.1) is 5.92 Å². The summed E-state index contributed by atoms with van der Waals surface area (Å²) in [6, 6.07) is -3.92. The number of amides is 4. The smallest absolute Gasteiger partial charge is 0.326 e. The van der Waals surface area contributed by atoms with Crippen molar-refractivity contribution in [2.75, 3.05) is 6.54 Å². The summed E-state index contributed by atoms with van der Waals surface area (Å²) in [5.74, 6) is -4.80. The van der Waals surface area contributed by atoms with E-state index in [-0.39, 0.29) is 12.8 Å². The summed E-state index contributed by atoms with van der Waals surface area (Å²) in [7, 11) is 0. The molecule has 0 aliphatic carbocycles. The minimum absolute atomic E-state index is 0.197. The van der Waals surface area contributed by atoms with E-state index in [0.29, 0.717) is 6.42 Å². The van der Waals surface area contributed by atoms with E-state index in [1.165, 1.54) is 6.92 Å². The second kappa shape index (κ2) is 12.7. The first-order chi connectivity index (χ1) is 13.4. The molecule has 0 saturated carbocycles. The lowest BCUT2D eigenvalue weighted by Gasteiger charge is -2.26. The highest BCUT2D eigenvalue weighted by Gasteiger charge is 2.32. The number of rotatable bonds is 13. The molecule has 0 aromatic rings. The van der Waals surface area contributed by atoms with Crippen molar-refractivity contribution in [2.24, 2.45) is 17.4 Å². The van der Waals surface area contributed by atoms with Crippen LogP contribution >= 0.6 is 0 Å². The number of nitrogens with one attached hydrogen (secondary N) is 3. The van der Waals surface area contributed by atoms with Gasteiger partial charge in [-0.1, -0.05) is 20.3 Å². The fraction of sp³-hybridized carbons (Fsp3) is 0.706. The lowest BCUT2D eigenvalue weighted by molar-refractivity contribution is -0.144. The van der Waals surface area contributed by atoms with Crippen molar-refractivity contribution in [1.29, 1.82) is 0 Å². The predicted octanol–water partition coefficient (Wildman–Crippen LogP) is -2.82. The molecule has 166 valence electrons. The number of primary amides is 1. The Morgan fingerprint density at radius 2 is 1.55 bits per heavy atom. The first-order valence-electron chi connectivity index (χ1n) is 9.23. The van der Waals surface area contributed by atoms with Gasteiger partial charge in [0.2, 0.25) is 23.6 Å². The van der Waals surface area contributed by atoms with Gasteiger partial charge in [-0.2, -0.15) is 0 Å². The van der Waals surface area contributed by atoms with Crippen LogP contribution in [0.15, 0.2) is 0 Å². The van der Waals surface area contributed by atoms with Crippen LogP contribution in [0.1, 0.15) is 40.0 Å². The third-order valence-electron chi connectivity index (χ3n) is 4.36. The third-order valence-corrected chi connectivity index (χ3v) is 4.36. The van der Waals surface area contributed by atoms with Crippen molar-refractivity contribution in [3.63, 3.8) is 0 Å². The standard InChI is InChI=1S/C17H31N5O7/c1-4-8(2)13(17(28)29)22-15(26)10(5-6-11(19)24)20-16(27)14(9(3)23)21-12(25)7-18/h8-10,13-14,23H,4-7,18H2,1-3H3,(H2,19,24)(H,20,27)(H,21,25)(H,22,26)(H,28,29). The minimum atomic E-state index is -1.40. The van der Waals surface area contributed by atoms with Crippen LogP contribution < -0.4 is 27.4 Å². The van der Waals surface area contributed by atoms with Crippen LogP contribution in [-0.4, -0.2) is 70.6 Å². The number of carboxylic acids is 1. The Kier molecular flexibility index (Phi) is 11.5. The first-order valence-corrected chi connectivity index (χ1v) is 9.23. The number of carboxylic acid groups (broad SMARTS) is 1. The Morgan fingerprint density at radius 1 is 0.966 bits per heavy atom. The maximum absolute atomic E-state index is 12.6. The van der Waals surface area contributed by atoms with Crippen LogP contribution in [0.5, 0.6) is 0 Å². The fourth-order valence-electron chi connectivity index (χ4n) is 2.39. The molecule has 0 rings (SSSR count). The third kappa shape index (κ3) is 9.34. The summed E-state index contributed by atoms with van der Waals surface area (Å²) in [6.45, 7) is 4.23. The maximum atomic E-state index is 12.6. The normalized spacial score (nSPS) is 15.9. The van der Waals surface area contributed by atoms with Gasteiger partial charge in [-0.15, -0.1) is 0 Å². The number of hydrogen-bond acceptors (Lipinski definition) is 7. The van der Waals surface area contributed by atoms with Gasteiger partial charge in [-0.25, -0.2) is 4.79 Å². The van der Waals surface area contributed by atoms with E-state index in [2.05, 4.69) is 16.0 Å². The number of carbonyl (C=O) groups excluding carboxylic acids is 4. The summed E-state index contributed by atoms with van der Waals surface area (Å²) >= 11 is 0. The van der Waals surface area contributed by atoms with E-state index < -0.39 is 66.3 Å². The van der Waals surface area contributed by atoms with Crippen LogP contribution in [-0.2, 0) is 24.0 Å². The molecule has 9 N–H and O–H groups in total. The monoisotopic (exact) mass is 417 g/mol. The molecule has 0 aromatic carbocycles. The topological polar surface area (TPSA) is 214 Å². The predicted molar refractivity (Wildman–Crippen MR) is 102 cm³/mol. The average Bonchev–Trinajstić information content (AvgIpc) is 2.65. The van der Waals surface area contributed by atoms with Crippen LogP contribution in [0.4, 0.5) is 0 Å². The van der Waals surface area contributed by atoms with Crippen LogP contribution in [0.2, 0.25) is 0 Å². The number of aliphatic hydroxyl groups is 1. The molecule has 0 aliphatic heterocycles. The molecule has 0 aromatic heterocycles. The zero-order valence-electron chi connectivity index (χ0n) is 16.8. The quantitative estimate of drug-likeness (QED) is 0.165. The van der Waals surface area contributed by atoms with Crippen molar-refractivity contribution in [3.8, 4) is 0 Å². The molecular formula is C17H31N5O7. The van der Waals surface area contributed by atoms with Crippen molar-refractivity contribution in [2.45, 2.75) is 64.3 Å². The Morgan fingerprint density at radius 3 is 1.97 bits per heavy atom. The molecule has 0 heterocycles. The molecule has 0 saturated heterocycles. The van der Waals surface area contributed by atoms with Gasteiger partial charge in [0, 0.05) is 6.42 Å². The molecule has 29 heavy (non-hydrogen) atoms. The number of carbonyl (C=O) groups is 5. The molecule has 12 heteroatoms. The maximum Gasteiger partial charge on any atom is 0.326 e. The number of aliphatic carboxylic acids is 1. The number of hydrogen-bond donors (Lipinski definition) is 7. The molecule has 0 bridgehead atoms. The SMILES string of the molecule is CCC(C)C(NC(=O)C(CCC(N)=O)NC(=O)C(NC(=O)CN)C(C)O)C(=O)O. The van der Waals surface area contributed by atoms with Gasteiger partial charge in [-0.05, 0) is 19.3 Å². The highest BCUT2D eigenvalue weighted by Crippen LogP contribution is 2.09. The van der Waals surface area contributed by atoms with Gasteiger partial charge in [0.25, 0.3) is 0 Å². The largest absolute Gasteiger partial charge is 0.480 e. The average molecular weight is 417 g/mol. The second-order valence-corrected chi connectivity index (χ2v) is 6.77. The molecule has 0 fully saturated rings. The highest BCUT2D eigenvalue weighted by atomic mass is 16.4. The molecule has 0 spiro atoms. The lowest BCUT2D eigenvalue weighted by atomic mass is 9.98. The summed E-state index contributed by atoms with van der Waals surface area (Å²) in [5.41, 5.74) is 10.3. The zero-order chi connectivity index (χ0) is 22.7. The summed E-state index contributed by atoms with van der Waals surface area (Å²) in [5, 5.41) is 26.0. The number of aliphatic hydroxyl groups excluding tert-OH is 1. The Balaban J connectivity index is 5.45. The Hall–Kier alpha value is -2.73. The van der Waals surface area contributed by atoms with E-state index >= 15 is 0 Å². The molecule has 4 amide bonds. The molecule has 5 atom stereocenters. The van der Waals surface area contributed by atoms with Crippen LogP contribution in [0.25, 0.3) is 0 Å². The van der Waals surface area contributed by atoms with Gasteiger partial charge in [-0.3, -0.25) is 19.2 Å². The van der Waals surface area contributed by atoms with Gasteiger partial charge in [0.05, 0.1) is 12.6 Å². The minimum Gasteiger partial charge on any atom is -0.480 e. The molecular weight excluding hydrogens is 386 g/mol. The summed E-state index contributed by atoms with van der Waals surface area (Å²) < 4.78 is 0. The first kappa shape index (κ1) is 26.3. The highest BCUT2D eigenvalue weighted by molar-refractivity contribution is 5.94. The van der Waals surface area contributed by atoms with Gasteiger partial charge >= 0.3 is 5.97 Å². The molecule has 12 nitrogen and oxygen atoms in total. The summed E-state index contributed by atoms with van der Waals surface area (Å²) in [4.78, 5) is 59.0. The zero-order valence-corrected chi connectivity index (χ0v) is 16.8. The van der Waals surface area contributed by atoms with E-state index in [0.717, 1.165) is 0 Å². The van der Waals surface area contributed by atoms with Crippen molar-refractivity contribution < 1.29 is 34.2 Å². The van der Waals surface area contributed by atoms with Crippen molar-refractivity contribution in [1.82, 2.24) is 16.0 Å². The second-order valence-electron chi connectivity index (χ2n) is 6.77. The van der Waals surface area contributed by atoms with E-state index in [1.54, 1.807) is 13.8 Å². The molecule has 0 aliphatic rings. The van der Waals surface area contributed by atoms with E-state index in [4.69, 9.17) is 11.5 Å². The lowest BCUT2D eigenvalue weighted by Crippen LogP contribution is -2.59. The van der Waals surface area contributed by atoms with Gasteiger partial charge in [0.15, 0.2) is 0 Å². The molecule has 5 unspecified atom stereocenters. The van der Waals surface area contributed by atoms with E-state index in [1.807, 2.05) is 0 Å². The molecule has 0 radical (unpaired) electrons. The van der Waals surface area contributed by atoms with Crippen molar-refractivity contribution in [3.05, 3.63) is 0 Å². The summed E-state index contributed by atoms with van der Waals surface area (Å²) in [6.07, 6.45) is -1.28. The van der Waals surface area contributed by atoms with E-state index in [9.17, 15) is 34.2 Å². The number of nitrogens with two attached hydrogens (primary N) is 2.